The lowest BCUT2D eigenvalue weighted by Crippen LogP contribution is -2.28. The number of ether oxygens (including phenoxy) is 2. The summed E-state index contributed by atoms with van der Waals surface area (Å²) in [6, 6.07) is 11.0. The molecule has 2 N–H and O–H groups in total. The summed E-state index contributed by atoms with van der Waals surface area (Å²) in [6.07, 6.45) is 9.97. The predicted molar refractivity (Wildman–Crippen MR) is 180 cm³/mol. The van der Waals surface area contributed by atoms with Gasteiger partial charge in [-0.1, -0.05) is 39.3 Å². The molecule has 0 fully saturated rings. The fourth-order valence-corrected chi connectivity index (χ4v) is 6.64. The van der Waals surface area contributed by atoms with Gasteiger partial charge in [0.15, 0.2) is 0 Å². The topological polar surface area (TPSA) is 73.2 Å². The normalized spacial score (nSPS) is 12.6. The fourth-order valence-electron chi connectivity index (χ4n) is 5.79. The largest absolute Gasteiger partial charge is 0.501 e. The van der Waals surface area contributed by atoms with Crippen LogP contribution in [0.1, 0.15) is 75.7 Å². The van der Waals surface area contributed by atoms with Crippen molar-refractivity contribution in [1.82, 2.24) is 25.4 Å². The van der Waals surface area contributed by atoms with Crippen LogP contribution in [0.15, 0.2) is 54.7 Å². The smallest absolute Gasteiger partial charge is 0.0969 e. The number of nitrogens with one attached hydrogen (secondary N) is 2. The highest BCUT2D eigenvalue weighted by atomic mass is 32.1. The molecule has 7 nitrogen and oxygen atoms in total. The Balaban J connectivity index is 1.73. The number of nitrogens with zero attached hydrogens (tertiary/aromatic N) is 3. The molecule has 4 rings (SSSR count). The second kappa shape index (κ2) is 15.6. The van der Waals surface area contributed by atoms with Crippen molar-refractivity contribution >= 4 is 22.2 Å². The number of aromatic nitrogens is 3. The number of benzene rings is 1. The molecule has 1 unspecified atom stereocenters. The predicted octanol–water partition coefficient (Wildman–Crippen LogP) is 8.11. The molecule has 0 spiro atoms. The third kappa shape index (κ3) is 8.12. The number of pyridine rings is 1. The number of aryl methyl sites for hydroxylation is 2. The van der Waals surface area contributed by atoms with Crippen LogP contribution in [0.2, 0.25) is 0 Å². The number of hydrogen-bond donors (Lipinski definition) is 2. The SMILES string of the molecule is C=COCC(C)(C)Cc1c(-c2cccnc2C(C)OC)n(CC)c2ccc(-c3csc(CCCCCCNNC)n3)cc12. The van der Waals surface area contributed by atoms with Gasteiger partial charge in [0.25, 0.3) is 0 Å². The van der Waals surface area contributed by atoms with Gasteiger partial charge in [-0.2, -0.15) is 0 Å². The van der Waals surface area contributed by atoms with Crippen molar-refractivity contribution < 1.29 is 9.47 Å². The zero-order valence-corrected chi connectivity index (χ0v) is 27.7. The maximum Gasteiger partial charge on any atom is 0.0969 e. The monoisotopic (exact) mass is 603 g/mol. The molecule has 1 atom stereocenters. The number of hydrazine groups is 1. The molecule has 0 saturated carbocycles. The van der Waals surface area contributed by atoms with E-state index in [2.05, 4.69) is 79.3 Å². The second-order valence-corrected chi connectivity index (χ2v) is 12.8. The van der Waals surface area contributed by atoms with Crippen molar-refractivity contribution in [3.8, 4) is 22.5 Å². The molecule has 4 aromatic rings. The van der Waals surface area contributed by atoms with Crippen LogP contribution in [-0.2, 0) is 28.9 Å². The van der Waals surface area contributed by atoms with E-state index in [1.807, 2.05) is 19.3 Å². The molecule has 232 valence electrons. The Bertz CT molecular complexity index is 1470. The summed E-state index contributed by atoms with van der Waals surface area (Å²) in [5, 5.41) is 4.68. The molecule has 0 aliphatic heterocycles. The van der Waals surface area contributed by atoms with E-state index in [0.29, 0.717) is 6.61 Å². The molecular formula is C35H49N5O2S. The third-order valence-corrected chi connectivity index (χ3v) is 8.94. The first-order valence-corrected chi connectivity index (χ1v) is 16.4. The Morgan fingerprint density at radius 2 is 1.98 bits per heavy atom. The van der Waals surface area contributed by atoms with Gasteiger partial charge in [-0.15, -0.1) is 11.3 Å². The van der Waals surface area contributed by atoms with Gasteiger partial charge in [0.05, 0.1) is 41.1 Å². The zero-order chi connectivity index (χ0) is 30.8. The van der Waals surface area contributed by atoms with Crippen molar-refractivity contribution in [2.45, 2.75) is 78.9 Å². The van der Waals surface area contributed by atoms with Crippen molar-refractivity contribution in [3.63, 3.8) is 0 Å². The standard InChI is InChI=1S/C35H49N5O2S/c1-8-40-31-18-17-26(30-23-43-32(39-30)16-12-10-11-13-20-38-36-6)21-28(31)29(22-35(4,5)24-42-9-2)34(40)27-15-14-19-37-33(27)25(3)41-7/h9,14-15,17-19,21,23,25,36,38H,2,8,10-13,16,20,22,24H2,1,3-7H3. The second-order valence-electron chi connectivity index (χ2n) is 11.9. The van der Waals surface area contributed by atoms with Crippen LogP contribution < -0.4 is 10.9 Å². The van der Waals surface area contributed by atoms with E-state index in [1.165, 1.54) is 59.1 Å². The summed E-state index contributed by atoms with van der Waals surface area (Å²) in [4.78, 5) is 9.85. The highest BCUT2D eigenvalue weighted by Gasteiger charge is 2.28. The quantitative estimate of drug-likeness (QED) is 0.0680. The maximum atomic E-state index is 5.76. The highest BCUT2D eigenvalue weighted by molar-refractivity contribution is 7.09. The summed E-state index contributed by atoms with van der Waals surface area (Å²) in [6.45, 7) is 15.0. The molecule has 43 heavy (non-hydrogen) atoms. The summed E-state index contributed by atoms with van der Waals surface area (Å²) in [5.41, 5.74) is 14.0. The first-order chi connectivity index (χ1) is 20.8. The van der Waals surface area contributed by atoms with E-state index >= 15 is 0 Å². The number of thiazole rings is 1. The van der Waals surface area contributed by atoms with Crippen LogP contribution >= 0.6 is 11.3 Å². The molecule has 0 saturated heterocycles. The van der Waals surface area contributed by atoms with Crippen LogP contribution in [-0.4, -0.2) is 41.8 Å². The molecule has 3 aromatic heterocycles. The van der Waals surface area contributed by atoms with E-state index in [1.54, 1.807) is 18.4 Å². The fraction of sp³-hybridized carbons (Fsp3) is 0.486. The van der Waals surface area contributed by atoms with E-state index in [0.717, 1.165) is 48.4 Å². The number of fused-ring (bicyclic) bond motifs is 1. The maximum absolute atomic E-state index is 5.76. The molecule has 0 bridgehead atoms. The number of methoxy groups -OCH3 is 1. The third-order valence-electron chi connectivity index (χ3n) is 8.03. The summed E-state index contributed by atoms with van der Waals surface area (Å²) >= 11 is 1.78. The van der Waals surface area contributed by atoms with Crippen molar-refractivity contribution in [1.29, 1.82) is 0 Å². The van der Waals surface area contributed by atoms with Gasteiger partial charge in [-0.05, 0) is 76.4 Å². The van der Waals surface area contributed by atoms with Gasteiger partial charge in [0, 0.05) is 59.2 Å². The minimum Gasteiger partial charge on any atom is -0.501 e. The zero-order valence-electron chi connectivity index (χ0n) is 26.8. The Morgan fingerprint density at radius 3 is 2.72 bits per heavy atom. The van der Waals surface area contributed by atoms with E-state index in [-0.39, 0.29) is 11.5 Å². The first-order valence-electron chi connectivity index (χ1n) is 15.5. The van der Waals surface area contributed by atoms with Crippen LogP contribution in [0.25, 0.3) is 33.4 Å². The molecule has 0 radical (unpaired) electrons. The van der Waals surface area contributed by atoms with E-state index in [4.69, 9.17) is 19.4 Å². The van der Waals surface area contributed by atoms with E-state index < -0.39 is 0 Å². The van der Waals surface area contributed by atoms with Gasteiger partial charge < -0.3 is 14.0 Å². The Kier molecular flexibility index (Phi) is 11.9. The Hall–Kier alpha value is -3.04. The lowest BCUT2D eigenvalue weighted by Gasteiger charge is -2.25. The van der Waals surface area contributed by atoms with Crippen molar-refractivity contribution in [2.24, 2.45) is 5.41 Å². The van der Waals surface area contributed by atoms with E-state index in [9.17, 15) is 0 Å². The van der Waals surface area contributed by atoms with Crippen LogP contribution in [0, 0.1) is 5.41 Å². The van der Waals surface area contributed by atoms with Gasteiger partial charge in [-0.3, -0.25) is 15.8 Å². The summed E-state index contributed by atoms with van der Waals surface area (Å²) in [7, 11) is 3.66. The number of hydrogen-bond acceptors (Lipinski definition) is 7. The van der Waals surface area contributed by atoms with Crippen molar-refractivity contribution in [2.75, 3.05) is 27.3 Å². The van der Waals surface area contributed by atoms with Gasteiger partial charge in [0.2, 0.25) is 0 Å². The van der Waals surface area contributed by atoms with Gasteiger partial charge in [0.1, 0.15) is 0 Å². The average molecular weight is 604 g/mol. The van der Waals surface area contributed by atoms with Crippen LogP contribution in [0.3, 0.4) is 0 Å². The minimum atomic E-state index is -0.126. The van der Waals surface area contributed by atoms with Crippen LogP contribution in [0.4, 0.5) is 0 Å². The van der Waals surface area contributed by atoms with Gasteiger partial charge in [-0.25, -0.2) is 4.98 Å². The average Bonchev–Trinajstić information content (AvgIpc) is 3.61. The summed E-state index contributed by atoms with van der Waals surface area (Å²) < 4.78 is 13.9. The molecule has 0 aliphatic rings. The molecule has 8 heteroatoms. The lowest BCUT2D eigenvalue weighted by molar-refractivity contribution is 0.116. The van der Waals surface area contributed by atoms with Crippen molar-refractivity contribution in [3.05, 3.63) is 71.0 Å². The lowest BCUT2D eigenvalue weighted by atomic mass is 9.84. The molecular weight excluding hydrogens is 554 g/mol. The Labute approximate surface area is 261 Å². The molecule has 0 amide bonds. The Morgan fingerprint density at radius 1 is 1.16 bits per heavy atom. The molecule has 3 heterocycles. The first kappa shape index (κ1) is 32.9. The minimum absolute atomic E-state index is 0.113. The summed E-state index contributed by atoms with van der Waals surface area (Å²) in [5.74, 6) is 0. The highest BCUT2D eigenvalue weighted by Crippen LogP contribution is 2.41. The molecule has 0 aliphatic carbocycles. The van der Waals surface area contributed by atoms with Gasteiger partial charge >= 0.3 is 0 Å². The van der Waals surface area contributed by atoms with Crippen LogP contribution in [0.5, 0.6) is 0 Å². The molecule has 1 aromatic carbocycles. The number of unbranched alkanes of at least 4 members (excludes halogenated alkanes) is 3. The number of rotatable bonds is 18.